The van der Waals surface area contributed by atoms with E-state index in [2.05, 4.69) is 32.2 Å². The van der Waals surface area contributed by atoms with Gasteiger partial charge in [0.05, 0.1) is 23.6 Å². The molecule has 1 aromatic heterocycles. The lowest BCUT2D eigenvalue weighted by Gasteiger charge is -2.34. The number of nitriles is 1. The number of fused-ring (bicyclic) bond motifs is 1. The summed E-state index contributed by atoms with van der Waals surface area (Å²) in [6, 6.07) is 9.36. The Kier molecular flexibility index (Phi) is 7.74. The van der Waals surface area contributed by atoms with Crippen LogP contribution in [0.15, 0.2) is 29.3 Å². The number of anilines is 1. The topological polar surface area (TPSA) is 75.0 Å². The number of halogens is 1. The third-order valence-electron chi connectivity index (χ3n) is 6.03. The normalized spacial score (nSPS) is 16.6. The summed E-state index contributed by atoms with van der Waals surface area (Å²) >= 11 is 7.43. The van der Waals surface area contributed by atoms with E-state index >= 15 is 0 Å². The largest absolute Gasteiger partial charge is 0.495 e. The van der Waals surface area contributed by atoms with E-state index < -0.39 is 5.25 Å². The zero-order valence-electron chi connectivity index (χ0n) is 19.3. The Morgan fingerprint density at radius 2 is 2.16 bits per heavy atom. The molecule has 1 aromatic carbocycles. The fraction of sp³-hybridized carbons (Fsp3) is 0.480. The number of hydrogen-bond acceptors (Lipinski definition) is 5. The Morgan fingerprint density at radius 1 is 1.41 bits per heavy atom. The minimum atomic E-state index is -0.401. The Bertz CT molecular complexity index is 1040. The van der Waals surface area contributed by atoms with Crippen LogP contribution in [0.3, 0.4) is 0 Å². The lowest BCUT2D eigenvalue weighted by molar-refractivity contribution is -0.115. The van der Waals surface area contributed by atoms with E-state index in [-0.39, 0.29) is 11.3 Å². The molecule has 0 radical (unpaired) electrons. The van der Waals surface area contributed by atoms with Crippen LogP contribution in [0, 0.1) is 22.7 Å². The van der Waals surface area contributed by atoms with Gasteiger partial charge < -0.3 is 10.1 Å². The maximum Gasteiger partial charge on any atom is 0.238 e. The van der Waals surface area contributed by atoms with Crippen molar-refractivity contribution < 1.29 is 9.53 Å². The molecule has 1 aliphatic rings. The molecule has 32 heavy (non-hydrogen) atoms. The fourth-order valence-electron chi connectivity index (χ4n) is 4.00. The second kappa shape index (κ2) is 10.1. The molecule has 1 amide bonds. The second-order valence-electron chi connectivity index (χ2n) is 9.21. The van der Waals surface area contributed by atoms with Crippen LogP contribution in [0.1, 0.15) is 57.4 Å². The number of methoxy groups -OCH3 is 1. The zero-order chi connectivity index (χ0) is 23.5. The van der Waals surface area contributed by atoms with Gasteiger partial charge in [0.25, 0.3) is 0 Å². The van der Waals surface area contributed by atoms with Crippen LogP contribution in [0.5, 0.6) is 5.75 Å². The third-order valence-corrected chi connectivity index (χ3v) is 7.64. The van der Waals surface area contributed by atoms with Crippen molar-refractivity contribution in [2.24, 2.45) is 11.3 Å². The quantitative estimate of drug-likeness (QED) is 0.502. The highest BCUT2D eigenvalue weighted by atomic mass is 35.5. The predicted molar refractivity (Wildman–Crippen MR) is 130 cm³/mol. The molecule has 0 saturated carbocycles. The molecule has 0 bridgehead atoms. The van der Waals surface area contributed by atoms with Gasteiger partial charge in [-0.2, -0.15) is 5.26 Å². The number of ether oxygens (including phenoxy) is 1. The lowest BCUT2D eigenvalue weighted by Crippen LogP contribution is -2.28. The first kappa shape index (κ1) is 24.4. The number of pyridine rings is 1. The highest BCUT2D eigenvalue weighted by Gasteiger charge is 2.30. The molecule has 0 aliphatic heterocycles. The van der Waals surface area contributed by atoms with Crippen LogP contribution >= 0.6 is 23.4 Å². The maximum absolute atomic E-state index is 13.0. The first-order valence-electron chi connectivity index (χ1n) is 10.9. The number of rotatable bonds is 6. The van der Waals surface area contributed by atoms with Gasteiger partial charge in [-0.1, -0.05) is 51.1 Å². The number of amides is 1. The number of carbonyl (C=O) groups excluding carboxylic acids is 1. The molecule has 0 fully saturated rings. The monoisotopic (exact) mass is 471 g/mol. The van der Waals surface area contributed by atoms with Gasteiger partial charge in [0, 0.05) is 10.7 Å². The van der Waals surface area contributed by atoms with Crippen LogP contribution in [0.25, 0.3) is 0 Å². The summed E-state index contributed by atoms with van der Waals surface area (Å²) < 4.78 is 5.33. The van der Waals surface area contributed by atoms with Gasteiger partial charge in [-0.05, 0) is 66.8 Å². The molecule has 0 saturated heterocycles. The van der Waals surface area contributed by atoms with Crippen molar-refractivity contribution in [3.63, 3.8) is 0 Å². The Hall–Kier alpha value is -2.23. The van der Waals surface area contributed by atoms with Gasteiger partial charge in [0.1, 0.15) is 16.8 Å². The average Bonchev–Trinajstić information content (AvgIpc) is 2.75. The number of nitrogens with zero attached hydrogens (tertiary/aromatic N) is 2. The molecule has 2 atom stereocenters. The van der Waals surface area contributed by atoms with Crippen LogP contribution in [-0.4, -0.2) is 23.3 Å². The number of nitrogens with one attached hydrogen (secondary N) is 1. The van der Waals surface area contributed by atoms with E-state index in [1.807, 2.05) is 13.0 Å². The number of carbonyl (C=O) groups is 1. The van der Waals surface area contributed by atoms with Crippen molar-refractivity contribution in [2.75, 3.05) is 12.4 Å². The molecule has 2 aromatic rings. The smallest absolute Gasteiger partial charge is 0.238 e. The van der Waals surface area contributed by atoms with E-state index in [9.17, 15) is 10.1 Å². The summed E-state index contributed by atoms with van der Waals surface area (Å²) in [6.07, 6.45) is 3.53. The number of benzene rings is 1. The summed E-state index contributed by atoms with van der Waals surface area (Å²) in [5.74, 6) is 0.943. The van der Waals surface area contributed by atoms with E-state index in [0.29, 0.717) is 39.4 Å². The zero-order valence-corrected chi connectivity index (χ0v) is 20.9. The van der Waals surface area contributed by atoms with Gasteiger partial charge in [0.2, 0.25) is 5.91 Å². The van der Waals surface area contributed by atoms with Crippen LogP contribution < -0.4 is 10.1 Å². The molecular formula is C25H30ClN3O2S. The standard InChI is InChI=1S/C25H30ClN3O2S/c1-6-22(23(30)28-20-13-18(26)8-10-21(20)31-5)32-24-16(14-27)11-15-12-17(25(2,3)4)7-9-19(15)29-24/h8,10-11,13,17,22H,6-7,9,12H2,1-5H3,(H,28,30). The lowest BCUT2D eigenvalue weighted by atomic mass is 9.71. The molecule has 170 valence electrons. The van der Waals surface area contributed by atoms with Crippen LogP contribution in [0.4, 0.5) is 5.69 Å². The summed E-state index contributed by atoms with van der Waals surface area (Å²) in [5, 5.41) is 13.4. The van der Waals surface area contributed by atoms with Gasteiger partial charge in [-0.3, -0.25) is 4.79 Å². The van der Waals surface area contributed by atoms with Crippen molar-refractivity contribution in [1.82, 2.24) is 4.98 Å². The van der Waals surface area contributed by atoms with E-state index in [0.717, 1.165) is 25.0 Å². The first-order chi connectivity index (χ1) is 15.2. The number of thioether (sulfide) groups is 1. The molecule has 1 heterocycles. The van der Waals surface area contributed by atoms with Gasteiger partial charge in [-0.15, -0.1) is 0 Å². The number of aromatic nitrogens is 1. The third kappa shape index (κ3) is 5.57. The number of hydrogen-bond donors (Lipinski definition) is 1. The molecule has 1 aliphatic carbocycles. The highest BCUT2D eigenvalue weighted by molar-refractivity contribution is 8.00. The molecular weight excluding hydrogens is 442 g/mol. The van der Waals surface area contributed by atoms with Crippen molar-refractivity contribution in [3.8, 4) is 11.8 Å². The molecule has 2 unspecified atom stereocenters. The minimum absolute atomic E-state index is 0.172. The number of aryl methyl sites for hydroxylation is 1. The Labute approximate surface area is 199 Å². The fourth-order valence-corrected chi connectivity index (χ4v) is 5.17. The maximum atomic E-state index is 13.0. The van der Waals surface area contributed by atoms with Crippen molar-refractivity contribution in [2.45, 2.75) is 63.7 Å². The Balaban J connectivity index is 1.82. The van der Waals surface area contributed by atoms with E-state index in [1.54, 1.807) is 25.3 Å². The minimum Gasteiger partial charge on any atom is -0.495 e. The second-order valence-corrected chi connectivity index (χ2v) is 10.8. The molecule has 7 heteroatoms. The average molecular weight is 472 g/mol. The molecule has 5 nitrogen and oxygen atoms in total. The van der Waals surface area contributed by atoms with E-state index in [4.69, 9.17) is 21.3 Å². The summed E-state index contributed by atoms with van der Waals surface area (Å²) in [4.78, 5) is 17.9. The summed E-state index contributed by atoms with van der Waals surface area (Å²) in [5.41, 5.74) is 3.51. The first-order valence-corrected chi connectivity index (χ1v) is 12.2. The molecule has 0 spiro atoms. The SMILES string of the molecule is CCC(Sc1nc2c(cc1C#N)CC(C(C)(C)C)CC2)C(=O)Nc1cc(Cl)ccc1OC. The summed E-state index contributed by atoms with van der Waals surface area (Å²) in [7, 11) is 1.55. The van der Waals surface area contributed by atoms with Crippen molar-refractivity contribution in [3.05, 3.63) is 46.1 Å². The van der Waals surface area contributed by atoms with Crippen molar-refractivity contribution >= 4 is 35.0 Å². The molecule has 1 N–H and O–H groups in total. The highest BCUT2D eigenvalue weighted by Crippen LogP contribution is 2.39. The Morgan fingerprint density at radius 3 is 2.78 bits per heavy atom. The summed E-state index contributed by atoms with van der Waals surface area (Å²) in [6.45, 7) is 8.76. The van der Waals surface area contributed by atoms with E-state index in [1.165, 1.54) is 17.3 Å². The van der Waals surface area contributed by atoms with Crippen LogP contribution in [0.2, 0.25) is 5.02 Å². The van der Waals surface area contributed by atoms with Crippen LogP contribution in [-0.2, 0) is 17.6 Å². The molecule has 3 rings (SSSR count). The van der Waals surface area contributed by atoms with Crippen molar-refractivity contribution in [1.29, 1.82) is 5.26 Å². The van der Waals surface area contributed by atoms with Gasteiger partial charge in [-0.25, -0.2) is 4.98 Å². The van der Waals surface area contributed by atoms with Gasteiger partial charge >= 0.3 is 0 Å². The predicted octanol–water partition coefficient (Wildman–Crippen LogP) is 6.28. The van der Waals surface area contributed by atoms with Gasteiger partial charge in [0.15, 0.2) is 0 Å².